The van der Waals surface area contributed by atoms with Crippen molar-refractivity contribution >= 4 is 28.6 Å². The summed E-state index contributed by atoms with van der Waals surface area (Å²) in [6.07, 6.45) is 5.93. The molecule has 0 radical (unpaired) electrons. The van der Waals surface area contributed by atoms with Crippen molar-refractivity contribution in [1.29, 1.82) is 0 Å². The van der Waals surface area contributed by atoms with Crippen LogP contribution < -0.4 is 10.5 Å². The minimum atomic E-state index is 0.174. The molecule has 2 N–H and O–H groups in total. The molecule has 0 aromatic carbocycles. The van der Waals surface area contributed by atoms with Crippen LogP contribution in [0.3, 0.4) is 0 Å². The molecule has 166 valence electrons. The Morgan fingerprint density at radius 2 is 1.97 bits per heavy atom. The van der Waals surface area contributed by atoms with E-state index in [4.69, 9.17) is 26.8 Å². The zero-order valence-electron chi connectivity index (χ0n) is 18.3. The fourth-order valence-corrected chi connectivity index (χ4v) is 4.55. The summed E-state index contributed by atoms with van der Waals surface area (Å²) in [5, 5.41) is 1.28. The highest BCUT2D eigenvalue weighted by atomic mass is 35.5. The van der Waals surface area contributed by atoms with Crippen LogP contribution >= 0.6 is 11.6 Å². The first-order valence-electron chi connectivity index (χ1n) is 10.6. The monoisotopic (exact) mass is 444 g/mol. The predicted molar refractivity (Wildman–Crippen MR) is 122 cm³/mol. The van der Waals surface area contributed by atoms with E-state index < -0.39 is 0 Å². The van der Waals surface area contributed by atoms with Gasteiger partial charge in [0.25, 0.3) is 0 Å². The summed E-state index contributed by atoms with van der Waals surface area (Å²) in [7, 11) is 1.67. The quantitative estimate of drug-likeness (QED) is 0.560. The number of hydrogen-bond acceptors (Lipinski definition) is 7. The number of nitrogen functional groups attached to an aromatic ring is 1. The lowest BCUT2D eigenvalue weighted by molar-refractivity contribution is 0.0375. The van der Waals surface area contributed by atoms with Gasteiger partial charge in [0.15, 0.2) is 0 Å². The lowest BCUT2D eigenvalue weighted by Crippen LogP contribution is -2.36. The normalized spacial score (nSPS) is 15.0. The van der Waals surface area contributed by atoms with Gasteiger partial charge in [-0.1, -0.05) is 11.6 Å². The Morgan fingerprint density at radius 1 is 1.19 bits per heavy atom. The summed E-state index contributed by atoms with van der Waals surface area (Å²) in [4.78, 5) is 15.6. The maximum absolute atomic E-state index is 6.51. The standard InChI is InChI=1S/C22H29ClN6O2/c1-14-17(11-25-15(2)19(14)30-3)13-29-12-16(5-4-6-28-7-9-31-10-8-28)18-20(23)26-22(24)27-21(18)29/h11-12H,4-10,13H2,1-3H3,(H2,24,26,27). The van der Waals surface area contributed by atoms with Crippen LogP contribution in [0.2, 0.25) is 5.15 Å². The number of aromatic nitrogens is 4. The van der Waals surface area contributed by atoms with Gasteiger partial charge in [-0.3, -0.25) is 9.88 Å². The van der Waals surface area contributed by atoms with Crippen molar-refractivity contribution in [2.24, 2.45) is 0 Å². The zero-order valence-corrected chi connectivity index (χ0v) is 19.1. The van der Waals surface area contributed by atoms with Gasteiger partial charge in [-0.15, -0.1) is 0 Å². The van der Waals surface area contributed by atoms with E-state index in [9.17, 15) is 0 Å². The summed E-state index contributed by atoms with van der Waals surface area (Å²) in [5.41, 5.74) is 10.8. The molecule has 0 aliphatic carbocycles. The molecule has 1 saturated heterocycles. The molecule has 8 nitrogen and oxygen atoms in total. The third kappa shape index (κ3) is 4.61. The van der Waals surface area contributed by atoms with Crippen molar-refractivity contribution in [2.75, 3.05) is 45.7 Å². The van der Waals surface area contributed by atoms with Crippen LogP contribution in [0.25, 0.3) is 11.0 Å². The van der Waals surface area contributed by atoms with Crippen LogP contribution in [0.4, 0.5) is 5.95 Å². The number of halogens is 1. The Kier molecular flexibility index (Phi) is 6.60. The topological polar surface area (TPSA) is 91.3 Å². The largest absolute Gasteiger partial charge is 0.495 e. The molecule has 1 aliphatic heterocycles. The highest BCUT2D eigenvalue weighted by molar-refractivity contribution is 6.34. The SMILES string of the molecule is COc1c(C)ncc(Cn2cc(CCCN3CCOCC3)c3c(Cl)nc(N)nc32)c1C. The van der Waals surface area contributed by atoms with Crippen molar-refractivity contribution < 1.29 is 9.47 Å². The molecular weight excluding hydrogens is 416 g/mol. The summed E-state index contributed by atoms with van der Waals surface area (Å²) < 4.78 is 13.1. The van der Waals surface area contributed by atoms with Crippen LogP contribution in [0.5, 0.6) is 5.75 Å². The number of rotatable bonds is 7. The Bertz CT molecular complexity index is 1080. The van der Waals surface area contributed by atoms with Crippen molar-refractivity contribution in [1.82, 2.24) is 24.4 Å². The molecule has 1 aliphatic rings. The van der Waals surface area contributed by atoms with Crippen molar-refractivity contribution in [3.8, 4) is 5.75 Å². The van der Waals surface area contributed by atoms with E-state index in [0.29, 0.717) is 11.7 Å². The molecule has 31 heavy (non-hydrogen) atoms. The molecule has 1 fully saturated rings. The Hall–Kier alpha value is -2.42. The smallest absolute Gasteiger partial charge is 0.223 e. The van der Waals surface area contributed by atoms with Crippen LogP contribution in [-0.2, 0) is 17.7 Å². The number of morpholine rings is 1. The van der Waals surface area contributed by atoms with Gasteiger partial charge in [0, 0.05) is 25.5 Å². The minimum Gasteiger partial charge on any atom is -0.495 e. The van der Waals surface area contributed by atoms with Crippen LogP contribution in [0.1, 0.15) is 28.8 Å². The molecule has 3 aromatic heterocycles. The molecule has 0 spiro atoms. The summed E-state index contributed by atoms with van der Waals surface area (Å²) in [6.45, 7) is 9.23. The first kappa shape index (κ1) is 21.8. The maximum atomic E-state index is 6.51. The number of anilines is 1. The summed E-state index contributed by atoms with van der Waals surface area (Å²) in [5.74, 6) is 0.986. The number of aryl methyl sites for hydroxylation is 2. The molecule has 0 saturated carbocycles. The highest BCUT2D eigenvalue weighted by Gasteiger charge is 2.18. The Balaban J connectivity index is 1.63. The van der Waals surface area contributed by atoms with Crippen LogP contribution in [0.15, 0.2) is 12.4 Å². The molecule has 9 heteroatoms. The molecule has 0 atom stereocenters. The molecule has 4 heterocycles. The Labute approximate surface area is 187 Å². The van der Waals surface area contributed by atoms with Crippen molar-refractivity contribution in [2.45, 2.75) is 33.2 Å². The third-order valence-electron chi connectivity index (χ3n) is 5.90. The minimum absolute atomic E-state index is 0.174. The van der Waals surface area contributed by atoms with E-state index in [2.05, 4.69) is 30.6 Å². The molecule has 0 amide bonds. The van der Waals surface area contributed by atoms with E-state index in [-0.39, 0.29) is 5.95 Å². The highest BCUT2D eigenvalue weighted by Crippen LogP contribution is 2.30. The second-order valence-corrected chi connectivity index (χ2v) is 8.30. The number of hydrogen-bond donors (Lipinski definition) is 1. The van der Waals surface area contributed by atoms with E-state index in [0.717, 1.165) is 84.9 Å². The van der Waals surface area contributed by atoms with E-state index >= 15 is 0 Å². The van der Waals surface area contributed by atoms with Crippen LogP contribution in [0, 0.1) is 13.8 Å². The predicted octanol–water partition coefficient (Wildman–Crippen LogP) is 3.00. The van der Waals surface area contributed by atoms with Crippen molar-refractivity contribution in [3.63, 3.8) is 0 Å². The second-order valence-electron chi connectivity index (χ2n) is 7.94. The summed E-state index contributed by atoms with van der Waals surface area (Å²) >= 11 is 6.51. The fraction of sp³-hybridized carbons (Fsp3) is 0.500. The third-order valence-corrected chi connectivity index (χ3v) is 6.18. The van der Waals surface area contributed by atoms with Gasteiger partial charge in [-0.05, 0) is 49.9 Å². The first-order chi connectivity index (χ1) is 15.0. The van der Waals surface area contributed by atoms with Crippen LogP contribution in [-0.4, -0.2) is 64.4 Å². The van der Waals surface area contributed by atoms with Crippen molar-refractivity contribution in [3.05, 3.63) is 39.9 Å². The zero-order chi connectivity index (χ0) is 22.0. The molecule has 0 bridgehead atoms. The number of ether oxygens (including phenoxy) is 2. The first-order valence-corrected chi connectivity index (χ1v) is 11.0. The molecule has 0 unspecified atom stereocenters. The summed E-state index contributed by atoms with van der Waals surface area (Å²) in [6, 6.07) is 0. The van der Waals surface area contributed by atoms with E-state index in [1.165, 1.54) is 0 Å². The number of methoxy groups -OCH3 is 1. The molecular formula is C22H29ClN6O2. The number of nitrogens with zero attached hydrogens (tertiary/aromatic N) is 5. The molecule has 4 rings (SSSR count). The second kappa shape index (κ2) is 9.38. The van der Waals surface area contributed by atoms with E-state index in [1.54, 1.807) is 7.11 Å². The maximum Gasteiger partial charge on any atom is 0.223 e. The van der Waals surface area contributed by atoms with Gasteiger partial charge < -0.3 is 19.8 Å². The average molecular weight is 445 g/mol. The lowest BCUT2D eigenvalue weighted by Gasteiger charge is -2.26. The molecule has 3 aromatic rings. The Morgan fingerprint density at radius 3 is 2.71 bits per heavy atom. The van der Waals surface area contributed by atoms with Gasteiger partial charge in [0.05, 0.1) is 37.9 Å². The number of pyridine rings is 1. The van der Waals surface area contributed by atoms with Gasteiger partial charge in [0.2, 0.25) is 5.95 Å². The number of nitrogens with two attached hydrogens (primary N) is 1. The lowest BCUT2D eigenvalue weighted by atomic mass is 10.1. The van der Waals surface area contributed by atoms with E-state index in [1.807, 2.05) is 20.0 Å². The van der Waals surface area contributed by atoms with Gasteiger partial charge in [-0.25, -0.2) is 4.98 Å². The van der Waals surface area contributed by atoms with Gasteiger partial charge in [-0.2, -0.15) is 4.98 Å². The average Bonchev–Trinajstić information content (AvgIpc) is 3.09. The van der Waals surface area contributed by atoms with Gasteiger partial charge in [0.1, 0.15) is 16.5 Å². The fourth-order valence-electron chi connectivity index (χ4n) is 4.25. The van der Waals surface area contributed by atoms with Gasteiger partial charge >= 0.3 is 0 Å². The number of fused-ring (bicyclic) bond motifs is 1.